The van der Waals surface area contributed by atoms with Gasteiger partial charge in [-0.3, -0.25) is 29.0 Å². The van der Waals surface area contributed by atoms with E-state index in [1.54, 1.807) is 54.3 Å². The first kappa shape index (κ1) is 62.7. The number of amides is 4. The van der Waals surface area contributed by atoms with Gasteiger partial charge in [-0.15, -0.1) is 23.1 Å². The quantitative estimate of drug-likeness (QED) is 0.0939. The minimum absolute atomic E-state index is 0.182. The average molecular weight is 1210 g/mol. The van der Waals surface area contributed by atoms with Crippen molar-refractivity contribution in [3.63, 3.8) is 0 Å². The molecule has 436 valence electrons. The van der Waals surface area contributed by atoms with Gasteiger partial charge < -0.3 is 0 Å². The molecule has 4 heterocycles. The second kappa shape index (κ2) is 31.0. The standard InChI is InChI=1S/C17H15NS.C16H13NS2.2C14H11NO2.2C8H8/c1-2-13-7-9-14(10-8-13)12-19-17-11-15-5-3-4-6-16(15)18-17;1-2-12-7-9-13(10-8-12)11-18-16-17-14-5-3-4-6-15(14)19-16;1-2-15-13(16)10-7-3-5-9-6-4-8-11(12(9)10)14(15)17;1-2-15-13(16)11-7-9-5-3-4-6-10(9)8-12(11)14(15)17;2*1-2-8-6-4-3-5-7-8/h2-10H,1,11-12H2;2-10H,1,11H2;2*3-8H,2H2,1H3;2*2-7H,1H2. The van der Waals surface area contributed by atoms with Gasteiger partial charge in [0.2, 0.25) is 0 Å². The number of aromatic nitrogens is 1. The number of hydrogen-bond acceptors (Lipinski definition) is 9. The molecule has 11 heteroatoms. The Morgan fingerprint density at radius 3 is 1.33 bits per heavy atom. The van der Waals surface area contributed by atoms with Crippen molar-refractivity contribution in [1.29, 1.82) is 0 Å². The van der Waals surface area contributed by atoms with E-state index in [0.29, 0.717) is 35.3 Å². The first-order valence-electron chi connectivity index (χ1n) is 28.8. The molecule has 0 unspecified atom stereocenters. The summed E-state index contributed by atoms with van der Waals surface area (Å²) in [5, 5.41) is 4.93. The molecule has 0 fully saturated rings. The molecule has 0 aliphatic carbocycles. The van der Waals surface area contributed by atoms with E-state index in [4.69, 9.17) is 0 Å². The number of nitrogens with zero attached hydrogens (tertiary/aromatic N) is 4. The molecule has 0 radical (unpaired) electrons. The number of benzene rings is 10. The van der Waals surface area contributed by atoms with Crippen LogP contribution in [0.15, 0.2) is 266 Å². The number of thioether (sulfide) groups is 2. The first-order chi connectivity index (χ1) is 43.0. The van der Waals surface area contributed by atoms with Crippen LogP contribution in [-0.2, 0) is 17.9 Å². The molecule has 4 amide bonds. The lowest BCUT2D eigenvalue weighted by Crippen LogP contribution is -2.39. The molecule has 1 aromatic heterocycles. The number of aliphatic imine (C=N–C) groups is 1. The number of imide groups is 2. The van der Waals surface area contributed by atoms with Crippen LogP contribution in [0.2, 0.25) is 0 Å². The molecule has 3 aliphatic rings. The molecule has 0 saturated heterocycles. The molecular weight excluding hydrogens is 1140 g/mol. The van der Waals surface area contributed by atoms with Crippen molar-refractivity contribution in [3.8, 4) is 0 Å². The van der Waals surface area contributed by atoms with Crippen LogP contribution in [-0.4, -0.2) is 56.5 Å². The summed E-state index contributed by atoms with van der Waals surface area (Å²) < 4.78 is 2.39. The highest BCUT2D eigenvalue weighted by molar-refractivity contribution is 8.13. The lowest BCUT2D eigenvalue weighted by atomic mass is 9.94. The van der Waals surface area contributed by atoms with Gasteiger partial charge in [-0.2, -0.15) is 0 Å². The zero-order chi connectivity index (χ0) is 61.8. The van der Waals surface area contributed by atoms with Crippen LogP contribution in [0.3, 0.4) is 0 Å². The van der Waals surface area contributed by atoms with Crippen molar-refractivity contribution in [2.24, 2.45) is 4.99 Å². The van der Waals surface area contributed by atoms with Crippen molar-refractivity contribution in [2.45, 2.75) is 36.1 Å². The van der Waals surface area contributed by atoms with E-state index >= 15 is 0 Å². The van der Waals surface area contributed by atoms with Gasteiger partial charge in [0.15, 0.2) is 4.34 Å². The summed E-state index contributed by atoms with van der Waals surface area (Å²) in [6.45, 7) is 19.2. The monoisotopic (exact) mass is 1210 g/mol. The van der Waals surface area contributed by atoms with Gasteiger partial charge in [-0.25, -0.2) is 9.98 Å². The van der Waals surface area contributed by atoms with Crippen LogP contribution in [0.4, 0.5) is 5.69 Å². The van der Waals surface area contributed by atoms with Gasteiger partial charge >= 0.3 is 0 Å². The number of carbonyl (C=O) groups excluding carboxylic acids is 4. The fourth-order valence-corrected chi connectivity index (χ4v) is 12.7. The third kappa shape index (κ3) is 15.8. The number of hydrogen-bond donors (Lipinski definition) is 0. The molecule has 8 nitrogen and oxygen atoms in total. The lowest BCUT2D eigenvalue weighted by molar-refractivity contribution is 0.0614. The van der Waals surface area contributed by atoms with Gasteiger partial charge in [0, 0.05) is 47.5 Å². The molecule has 0 atom stereocenters. The normalized spacial score (nSPS) is 12.3. The van der Waals surface area contributed by atoms with Crippen molar-refractivity contribution in [3.05, 3.63) is 318 Å². The Hall–Kier alpha value is -9.78. The third-order valence-electron chi connectivity index (χ3n) is 14.4. The predicted octanol–water partition coefficient (Wildman–Crippen LogP) is 19.7. The highest BCUT2D eigenvalue weighted by Crippen LogP contribution is 2.34. The third-order valence-corrected chi connectivity index (χ3v) is 17.7. The zero-order valence-corrected chi connectivity index (χ0v) is 51.7. The second-order valence-corrected chi connectivity index (χ2v) is 23.4. The Bertz CT molecular complexity index is 4150. The smallest absolute Gasteiger partial charge is 0.261 e. The van der Waals surface area contributed by atoms with Gasteiger partial charge in [0.1, 0.15) is 0 Å². The molecular formula is C77H66N4O4S3. The van der Waals surface area contributed by atoms with E-state index < -0.39 is 0 Å². The number of fused-ring (bicyclic) bond motifs is 4. The molecule has 0 saturated carbocycles. The molecule has 88 heavy (non-hydrogen) atoms. The summed E-state index contributed by atoms with van der Waals surface area (Å²) in [6, 6.07) is 76.2. The molecule has 11 aromatic rings. The second-order valence-electron chi connectivity index (χ2n) is 20.1. The van der Waals surface area contributed by atoms with Crippen LogP contribution in [0.5, 0.6) is 0 Å². The van der Waals surface area contributed by atoms with Crippen molar-refractivity contribution in [2.75, 3.05) is 13.1 Å². The first-order valence-corrected chi connectivity index (χ1v) is 31.6. The Labute approximate surface area is 528 Å². The van der Waals surface area contributed by atoms with E-state index in [0.717, 1.165) is 60.6 Å². The van der Waals surface area contributed by atoms with Gasteiger partial charge in [0.25, 0.3) is 23.6 Å². The fraction of sp³-hybridized carbons (Fsp3) is 0.0909. The van der Waals surface area contributed by atoms with Crippen molar-refractivity contribution < 1.29 is 19.2 Å². The van der Waals surface area contributed by atoms with E-state index in [1.165, 1.54) is 52.9 Å². The molecule has 10 aromatic carbocycles. The lowest BCUT2D eigenvalue weighted by Gasteiger charge is -2.25. The Balaban J connectivity index is 0.000000129. The summed E-state index contributed by atoms with van der Waals surface area (Å²) in [5.74, 6) is 1.18. The maximum Gasteiger partial charge on any atom is 0.261 e. The Kier molecular flexibility index (Phi) is 22.1. The van der Waals surface area contributed by atoms with E-state index in [1.807, 2.05) is 164 Å². The maximum absolute atomic E-state index is 12.1. The van der Waals surface area contributed by atoms with Crippen LogP contribution in [0.1, 0.15) is 94.2 Å². The summed E-state index contributed by atoms with van der Waals surface area (Å²) in [4.78, 5) is 60.1. The van der Waals surface area contributed by atoms with Crippen molar-refractivity contribution in [1.82, 2.24) is 14.8 Å². The average Bonchev–Trinajstić information content (AvgIpc) is 1.49. The molecule has 14 rings (SSSR count). The predicted molar refractivity (Wildman–Crippen MR) is 374 cm³/mol. The van der Waals surface area contributed by atoms with E-state index in [2.05, 4.69) is 121 Å². The molecule has 0 N–H and O–H groups in total. The summed E-state index contributed by atoms with van der Waals surface area (Å²) >= 11 is 5.39. The number of rotatable bonds is 11. The van der Waals surface area contributed by atoms with Crippen LogP contribution in [0.25, 0.3) is 56.1 Å². The number of para-hydroxylation sites is 2. The van der Waals surface area contributed by atoms with Gasteiger partial charge in [-0.05, 0) is 111 Å². The highest BCUT2D eigenvalue weighted by Gasteiger charge is 2.35. The largest absolute Gasteiger partial charge is 0.275 e. The fourth-order valence-electron chi connectivity index (χ4n) is 9.72. The summed E-state index contributed by atoms with van der Waals surface area (Å²) in [6.07, 6.45) is 8.38. The summed E-state index contributed by atoms with van der Waals surface area (Å²) in [7, 11) is 0. The molecule has 0 spiro atoms. The van der Waals surface area contributed by atoms with Gasteiger partial charge in [-0.1, -0.05) is 250 Å². The van der Waals surface area contributed by atoms with E-state index in [9.17, 15) is 19.2 Å². The number of thiazole rings is 1. The van der Waals surface area contributed by atoms with Crippen LogP contribution in [0, 0.1) is 0 Å². The minimum Gasteiger partial charge on any atom is -0.275 e. The minimum atomic E-state index is -0.193. The SMILES string of the molecule is C=Cc1ccc(CSC2=Nc3ccccc3C2)cc1.C=Cc1ccc(CSc2nc3ccccc3s2)cc1.C=Cc1ccccc1.C=Cc1ccccc1.CCN1C(=O)c2cc3ccccc3cc2C1=O.CCN1C(=O)c2cccc3cccc(c23)C1=O. The maximum atomic E-state index is 12.1. The topological polar surface area (TPSA) is 100 Å². The Morgan fingerprint density at radius 2 is 0.864 bits per heavy atom. The molecule has 0 bridgehead atoms. The molecule has 3 aliphatic heterocycles. The van der Waals surface area contributed by atoms with Crippen LogP contribution < -0.4 is 0 Å². The van der Waals surface area contributed by atoms with E-state index in [-0.39, 0.29) is 23.6 Å². The van der Waals surface area contributed by atoms with Crippen LogP contribution >= 0.6 is 34.9 Å². The highest BCUT2D eigenvalue weighted by atomic mass is 32.2. The van der Waals surface area contributed by atoms with Crippen molar-refractivity contribution >= 4 is 125 Å². The number of carbonyl (C=O) groups is 4. The van der Waals surface area contributed by atoms with Gasteiger partial charge in [0.05, 0.1) is 32.1 Å². The Morgan fingerprint density at radius 1 is 0.443 bits per heavy atom. The zero-order valence-electron chi connectivity index (χ0n) is 49.3. The summed E-state index contributed by atoms with van der Waals surface area (Å²) in [5.41, 5.74) is 13.2.